The van der Waals surface area contributed by atoms with Crippen LogP contribution >= 0.6 is 11.6 Å². The van der Waals surface area contributed by atoms with Crippen molar-refractivity contribution in [2.24, 2.45) is 0 Å². The average molecular weight is 274 g/mol. The number of ether oxygens (including phenoxy) is 2. The molecule has 0 fully saturated rings. The molecule has 2 aromatic rings. The van der Waals surface area contributed by atoms with E-state index in [4.69, 9.17) is 26.3 Å². The zero-order chi connectivity index (χ0) is 13.7. The van der Waals surface area contributed by atoms with E-state index in [1.165, 1.54) is 0 Å². The molecule has 3 nitrogen and oxygen atoms in total. The number of methoxy groups -OCH3 is 1. The third kappa shape index (κ3) is 3.18. The molecule has 2 aromatic carbocycles. The van der Waals surface area contributed by atoms with E-state index < -0.39 is 0 Å². The fraction of sp³-hybridized carbons (Fsp3) is 0.133. The molecule has 0 radical (unpaired) electrons. The van der Waals surface area contributed by atoms with Crippen molar-refractivity contribution in [2.45, 2.75) is 6.61 Å². The topological polar surface area (TPSA) is 42.2 Å². The van der Waals surface area contributed by atoms with Gasteiger partial charge < -0.3 is 9.47 Å². The van der Waals surface area contributed by atoms with Crippen molar-refractivity contribution in [3.63, 3.8) is 0 Å². The summed E-state index contributed by atoms with van der Waals surface area (Å²) < 4.78 is 10.9. The minimum Gasteiger partial charge on any atom is -0.493 e. The van der Waals surface area contributed by atoms with Gasteiger partial charge in [0.05, 0.1) is 18.7 Å². The molecule has 0 spiro atoms. The number of nitrogens with zero attached hydrogens (tertiary/aromatic N) is 1. The number of benzene rings is 2. The maximum atomic E-state index is 8.77. The molecule has 2 rings (SSSR count). The van der Waals surface area contributed by atoms with E-state index in [0.29, 0.717) is 28.7 Å². The van der Waals surface area contributed by atoms with Gasteiger partial charge >= 0.3 is 0 Å². The molecular weight excluding hydrogens is 262 g/mol. The molecule has 0 aliphatic carbocycles. The van der Waals surface area contributed by atoms with Crippen molar-refractivity contribution in [2.75, 3.05) is 7.11 Å². The Kier molecular flexibility index (Phi) is 4.27. The Balaban J connectivity index is 2.13. The summed E-state index contributed by atoms with van der Waals surface area (Å²) in [4.78, 5) is 0. The first-order chi connectivity index (χ1) is 9.24. The average Bonchev–Trinajstić information content (AvgIpc) is 2.46. The number of hydrogen-bond donors (Lipinski definition) is 0. The van der Waals surface area contributed by atoms with E-state index in [1.807, 2.05) is 30.3 Å². The van der Waals surface area contributed by atoms with E-state index in [1.54, 1.807) is 25.3 Å². The van der Waals surface area contributed by atoms with Gasteiger partial charge in [-0.25, -0.2) is 0 Å². The number of rotatable bonds is 4. The zero-order valence-electron chi connectivity index (χ0n) is 10.4. The summed E-state index contributed by atoms with van der Waals surface area (Å²) in [6.07, 6.45) is 0. The lowest BCUT2D eigenvalue weighted by molar-refractivity contribution is 0.284. The fourth-order valence-corrected chi connectivity index (χ4v) is 1.86. The van der Waals surface area contributed by atoms with E-state index >= 15 is 0 Å². The zero-order valence-corrected chi connectivity index (χ0v) is 11.1. The maximum Gasteiger partial charge on any atom is 0.161 e. The van der Waals surface area contributed by atoms with Gasteiger partial charge in [-0.2, -0.15) is 5.26 Å². The van der Waals surface area contributed by atoms with Gasteiger partial charge in [-0.1, -0.05) is 29.8 Å². The summed E-state index contributed by atoms with van der Waals surface area (Å²) in [6, 6.07) is 14.6. The van der Waals surface area contributed by atoms with Crippen molar-refractivity contribution in [3.8, 4) is 17.6 Å². The van der Waals surface area contributed by atoms with Crippen molar-refractivity contribution in [3.05, 3.63) is 58.6 Å². The molecule has 0 saturated carbocycles. The van der Waals surface area contributed by atoms with Gasteiger partial charge in [-0.3, -0.25) is 0 Å². The molecule has 4 heteroatoms. The molecule has 19 heavy (non-hydrogen) atoms. The fourth-order valence-electron chi connectivity index (χ4n) is 1.63. The highest BCUT2D eigenvalue weighted by atomic mass is 35.5. The lowest BCUT2D eigenvalue weighted by atomic mass is 10.1. The summed E-state index contributed by atoms with van der Waals surface area (Å²) in [5.41, 5.74) is 1.36. The maximum absolute atomic E-state index is 8.77. The minimum absolute atomic E-state index is 0.324. The second-order valence-electron chi connectivity index (χ2n) is 3.86. The van der Waals surface area contributed by atoms with Crippen LogP contribution in [0.2, 0.25) is 5.02 Å². The van der Waals surface area contributed by atoms with Crippen LogP contribution in [-0.2, 0) is 6.61 Å². The Morgan fingerprint density at radius 2 is 1.89 bits per heavy atom. The Hall–Kier alpha value is -2.18. The van der Waals surface area contributed by atoms with Gasteiger partial charge in [-0.15, -0.1) is 0 Å². The summed E-state index contributed by atoms with van der Waals surface area (Å²) in [6.45, 7) is 0.324. The summed E-state index contributed by atoms with van der Waals surface area (Å²) >= 11 is 6.09. The Bertz CT molecular complexity index is 620. The molecular formula is C15H12ClNO2. The van der Waals surface area contributed by atoms with E-state index in [9.17, 15) is 0 Å². The lowest BCUT2D eigenvalue weighted by Gasteiger charge is -2.11. The highest BCUT2D eigenvalue weighted by Crippen LogP contribution is 2.27. The smallest absolute Gasteiger partial charge is 0.161 e. The molecule has 0 aliphatic rings. The Morgan fingerprint density at radius 1 is 1.16 bits per heavy atom. The van der Waals surface area contributed by atoms with Gasteiger partial charge in [0.2, 0.25) is 0 Å². The second kappa shape index (κ2) is 6.12. The van der Waals surface area contributed by atoms with Gasteiger partial charge in [0.1, 0.15) is 6.61 Å². The number of para-hydroxylation sites is 2. The normalized spacial score (nSPS) is 9.74. The minimum atomic E-state index is 0.324. The first-order valence-electron chi connectivity index (χ1n) is 5.69. The highest BCUT2D eigenvalue weighted by Gasteiger charge is 2.06. The Labute approximate surface area is 117 Å². The van der Waals surface area contributed by atoms with Crippen molar-refractivity contribution >= 4 is 11.6 Å². The van der Waals surface area contributed by atoms with Crippen LogP contribution in [0, 0.1) is 11.3 Å². The van der Waals surface area contributed by atoms with Crippen LogP contribution in [0.15, 0.2) is 42.5 Å². The van der Waals surface area contributed by atoms with E-state index in [0.717, 1.165) is 5.56 Å². The lowest BCUT2D eigenvalue weighted by Crippen LogP contribution is -1.98. The predicted molar refractivity (Wildman–Crippen MR) is 73.5 cm³/mol. The van der Waals surface area contributed by atoms with Crippen LogP contribution in [0.1, 0.15) is 11.1 Å². The monoisotopic (exact) mass is 273 g/mol. The van der Waals surface area contributed by atoms with E-state index in [-0.39, 0.29) is 0 Å². The quantitative estimate of drug-likeness (QED) is 0.851. The third-order valence-corrected chi connectivity index (χ3v) is 2.99. The van der Waals surface area contributed by atoms with Crippen LogP contribution < -0.4 is 9.47 Å². The number of nitriles is 1. The molecule has 0 bridgehead atoms. The van der Waals surface area contributed by atoms with Crippen LogP contribution in [0.3, 0.4) is 0 Å². The van der Waals surface area contributed by atoms with Gasteiger partial charge in [-0.05, 0) is 24.3 Å². The first-order valence-corrected chi connectivity index (χ1v) is 6.06. The van der Waals surface area contributed by atoms with Crippen LogP contribution in [0.4, 0.5) is 0 Å². The summed E-state index contributed by atoms with van der Waals surface area (Å²) in [5.74, 6) is 1.33. The second-order valence-corrected chi connectivity index (χ2v) is 4.26. The standard InChI is InChI=1S/C15H12ClNO2/c1-18-14-4-2-3-5-15(14)19-10-12-7-6-11(9-17)8-13(12)16/h2-8H,10H2,1H3. The van der Waals surface area contributed by atoms with Crippen molar-refractivity contribution < 1.29 is 9.47 Å². The van der Waals surface area contributed by atoms with Crippen molar-refractivity contribution in [1.82, 2.24) is 0 Å². The highest BCUT2D eigenvalue weighted by molar-refractivity contribution is 6.31. The largest absolute Gasteiger partial charge is 0.493 e. The van der Waals surface area contributed by atoms with Gasteiger partial charge in [0.25, 0.3) is 0 Å². The SMILES string of the molecule is COc1ccccc1OCc1ccc(C#N)cc1Cl. The molecule has 0 N–H and O–H groups in total. The molecule has 0 unspecified atom stereocenters. The molecule has 0 aromatic heterocycles. The van der Waals surface area contributed by atoms with Crippen LogP contribution in [-0.4, -0.2) is 7.11 Å². The van der Waals surface area contributed by atoms with Gasteiger partial charge in [0.15, 0.2) is 11.5 Å². The summed E-state index contributed by atoms with van der Waals surface area (Å²) in [7, 11) is 1.59. The van der Waals surface area contributed by atoms with Crippen LogP contribution in [0.25, 0.3) is 0 Å². The molecule has 0 saturated heterocycles. The Morgan fingerprint density at radius 3 is 2.53 bits per heavy atom. The molecule has 0 atom stereocenters. The van der Waals surface area contributed by atoms with E-state index in [2.05, 4.69) is 0 Å². The molecule has 0 amide bonds. The van der Waals surface area contributed by atoms with Gasteiger partial charge in [0, 0.05) is 10.6 Å². The first kappa shape index (κ1) is 13.3. The molecule has 0 aliphatic heterocycles. The molecule has 96 valence electrons. The molecule has 0 heterocycles. The predicted octanol–water partition coefficient (Wildman–Crippen LogP) is 3.80. The number of halogens is 1. The number of hydrogen-bond acceptors (Lipinski definition) is 3. The van der Waals surface area contributed by atoms with Crippen LogP contribution in [0.5, 0.6) is 11.5 Å². The summed E-state index contributed by atoms with van der Waals surface area (Å²) in [5, 5.41) is 9.29. The third-order valence-electron chi connectivity index (χ3n) is 2.63. The van der Waals surface area contributed by atoms with Crippen molar-refractivity contribution in [1.29, 1.82) is 5.26 Å².